The normalized spacial score (nSPS) is 10.3. The second-order valence-electron chi connectivity index (χ2n) is 5.08. The zero-order valence-electron chi connectivity index (χ0n) is 13.6. The van der Waals surface area contributed by atoms with Gasteiger partial charge in [0.05, 0.1) is 25.1 Å². The number of aryl methyl sites for hydroxylation is 1. The molecular weight excluding hydrogens is 332 g/mol. The van der Waals surface area contributed by atoms with E-state index in [-0.39, 0.29) is 24.9 Å². The molecule has 1 N–H and O–H groups in total. The van der Waals surface area contributed by atoms with Gasteiger partial charge >= 0.3 is 5.97 Å². The van der Waals surface area contributed by atoms with Crippen LogP contribution in [0.5, 0.6) is 0 Å². The van der Waals surface area contributed by atoms with E-state index in [0.29, 0.717) is 22.0 Å². The Kier molecular flexibility index (Phi) is 5.75. The van der Waals surface area contributed by atoms with E-state index < -0.39 is 5.97 Å². The van der Waals surface area contributed by atoms with E-state index in [2.05, 4.69) is 10.1 Å². The molecule has 2 heterocycles. The largest absolute Gasteiger partial charge is 0.465 e. The lowest BCUT2D eigenvalue weighted by atomic mass is 10.2. The average Bonchev–Trinajstić information content (AvgIpc) is 3.21. The number of carbonyl (C=O) groups is 3. The molecular formula is C16H18N2O5S. The Morgan fingerprint density at radius 1 is 1.38 bits per heavy atom. The monoisotopic (exact) mass is 350 g/mol. The number of carbonyl (C=O) groups excluding carboxylic acids is 3. The summed E-state index contributed by atoms with van der Waals surface area (Å²) >= 11 is 1.31. The van der Waals surface area contributed by atoms with Crippen molar-refractivity contribution in [1.82, 2.24) is 10.2 Å². The van der Waals surface area contributed by atoms with E-state index >= 15 is 0 Å². The van der Waals surface area contributed by atoms with E-state index in [1.54, 1.807) is 37.6 Å². The molecule has 2 rings (SSSR count). The van der Waals surface area contributed by atoms with Crippen molar-refractivity contribution >= 4 is 29.1 Å². The molecule has 2 amide bonds. The number of thiophene rings is 1. The first-order valence-corrected chi connectivity index (χ1v) is 8.03. The zero-order chi connectivity index (χ0) is 17.7. The van der Waals surface area contributed by atoms with Gasteiger partial charge in [0.2, 0.25) is 5.91 Å². The highest BCUT2D eigenvalue weighted by Gasteiger charge is 2.18. The van der Waals surface area contributed by atoms with Gasteiger partial charge in [0.15, 0.2) is 0 Å². The van der Waals surface area contributed by atoms with Crippen LogP contribution in [-0.4, -0.2) is 43.4 Å². The number of esters is 1. The van der Waals surface area contributed by atoms with Gasteiger partial charge in [-0.25, -0.2) is 4.79 Å². The lowest BCUT2D eigenvalue weighted by Gasteiger charge is -2.15. The molecule has 2 aromatic heterocycles. The summed E-state index contributed by atoms with van der Waals surface area (Å²) in [6, 6.07) is 5.01. The Labute approximate surface area is 143 Å². The van der Waals surface area contributed by atoms with Crippen molar-refractivity contribution in [2.45, 2.75) is 13.5 Å². The lowest BCUT2D eigenvalue weighted by molar-refractivity contribution is -0.129. The van der Waals surface area contributed by atoms with E-state index in [0.717, 1.165) is 0 Å². The topological polar surface area (TPSA) is 88.9 Å². The Bertz CT molecular complexity index is 736. The van der Waals surface area contributed by atoms with Crippen LogP contribution in [0.1, 0.15) is 31.6 Å². The van der Waals surface area contributed by atoms with Gasteiger partial charge in [0.1, 0.15) is 17.1 Å². The first kappa shape index (κ1) is 17.7. The summed E-state index contributed by atoms with van der Waals surface area (Å²) in [5.41, 5.74) is 0.333. The van der Waals surface area contributed by atoms with Crippen LogP contribution in [-0.2, 0) is 16.1 Å². The summed E-state index contributed by atoms with van der Waals surface area (Å²) in [5, 5.41) is 4.36. The quantitative estimate of drug-likeness (QED) is 0.803. The van der Waals surface area contributed by atoms with Crippen LogP contribution in [0.2, 0.25) is 0 Å². The summed E-state index contributed by atoms with van der Waals surface area (Å²) in [7, 11) is 2.88. The number of ether oxygens (including phenoxy) is 1. The number of amides is 2. The molecule has 0 atom stereocenters. The highest BCUT2D eigenvalue weighted by Crippen LogP contribution is 2.17. The van der Waals surface area contributed by atoms with Crippen LogP contribution in [0.4, 0.5) is 0 Å². The Balaban J connectivity index is 1.89. The van der Waals surface area contributed by atoms with E-state index in [4.69, 9.17) is 4.42 Å². The highest BCUT2D eigenvalue weighted by molar-refractivity contribution is 7.12. The summed E-state index contributed by atoms with van der Waals surface area (Å²) < 4.78 is 10.1. The van der Waals surface area contributed by atoms with Crippen LogP contribution in [0, 0.1) is 6.92 Å². The molecule has 8 heteroatoms. The molecule has 24 heavy (non-hydrogen) atoms. The van der Waals surface area contributed by atoms with Crippen molar-refractivity contribution in [2.75, 3.05) is 20.7 Å². The molecule has 0 spiro atoms. The number of likely N-dealkylation sites (N-methyl/N-ethyl adjacent to an activating group) is 1. The number of rotatable bonds is 6. The molecule has 0 fully saturated rings. The fraction of sp³-hybridized carbons (Fsp3) is 0.312. The second kappa shape index (κ2) is 7.78. The molecule has 7 nitrogen and oxygen atoms in total. The lowest BCUT2D eigenvalue weighted by Crippen LogP contribution is -2.37. The minimum atomic E-state index is -0.486. The van der Waals surface area contributed by atoms with Crippen LogP contribution < -0.4 is 5.32 Å². The Morgan fingerprint density at radius 2 is 2.12 bits per heavy atom. The maximum absolute atomic E-state index is 12.1. The van der Waals surface area contributed by atoms with Gasteiger partial charge in [-0.2, -0.15) is 0 Å². The smallest absolute Gasteiger partial charge is 0.341 e. The molecule has 0 aliphatic carbocycles. The average molecular weight is 350 g/mol. The minimum Gasteiger partial charge on any atom is -0.465 e. The highest BCUT2D eigenvalue weighted by atomic mass is 32.1. The fourth-order valence-corrected chi connectivity index (χ4v) is 2.68. The molecule has 0 aliphatic rings. The van der Waals surface area contributed by atoms with Crippen molar-refractivity contribution in [1.29, 1.82) is 0 Å². The number of hydrogen-bond donors (Lipinski definition) is 1. The Hall–Kier alpha value is -2.61. The van der Waals surface area contributed by atoms with Crippen molar-refractivity contribution < 1.29 is 23.5 Å². The molecule has 0 radical (unpaired) electrons. The summed E-state index contributed by atoms with van der Waals surface area (Å²) in [5.74, 6) is -0.140. The van der Waals surface area contributed by atoms with Crippen LogP contribution >= 0.6 is 11.3 Å². The van der Waals surface area contributed by atoms with Crippen LogP contribution in [0.3, 0.4) is 0 Å². The third kappa shape index (κ3) is 4.23. The predicted octanol–water partition coefficient (Wildman–Crippen LogP) is 1.82. The fourth-order valence-electron chi connectivity index (χ4n) is 2.04. The molecule has 0 bridgehead atoms. The van der Waals surface area contributed by atoms with Crippen LogP contribution in [0.25, 0.3) is 0 Å². The Morgan fingerprint density at radius 3 is 2.75 bits per heavy atom. The molecule has 2 aromatic rings. The first-order chi connectivity index (χ1) is 11.4. The number of furan rings is 1. The maximum atomic E-state index is 12.1. The number of methoxy groups -OCH3 is 1. The van der Waals surface area contributed by atoms with E-state index in [9.17, 15) is 14.4 Å². The van der Waals surface area contributed by atoms with Crippen molar-refractivity contribution in [3.63, 3.8) is 0 Å². The van der Waals surface area contributed by atoms with Gasteiger partial charge in [0.25, 0.3) is 5.91 Å². The SMILES string of the molecule is COC(=O)c1cc(CN(C)C(=O)CNC(=O)c2cccs2)oc1C. The van der Waals surface area contributed by atoms with Gasteiger partial charge in [-0.3, -0.25) is 9.59 Å². The molecule has 0 saturated carbocycles. The molecule has 0 aromatic carbocycles. The third-order valence-corrected chi connectivity index (χ3v) is 4.21. The van der Waals surface area contributed by atoms with Crippen LogP contribution in [0.15, 0.2) is 28.0 Å². The van der Waals surface area contributed by atoms with E-state index in [1.807, 2.05) is 0 Å². The van der Waals surface area contributed by atoms with Crippen molar-refractivity contribution in [3.8, 4) is 0 Å². The molecule has 128 valence electrons. The molecule has 0 saturated heterocycles. The molecule has 0 unspecified atom stereocenters. The first-order valence-electron chi connectivity index (χ1n) is 7.15. The van der Waals surface area contributed by atoms with Gasteiger partial charge < -0.3 is 19.4 Å². The van der Waals surface area contributed by atoms with Gasteiger partial charge in [-0.1, -0.05) is 6.07 Å². The summed E-state index contributed by atoms with van der Waals surface area (Å²) in [6.45, 7) is 1.72. The number of hydrogen-bond acceptors (Lipinski definition) is 6. The zero-order valence-corrected chi connectivity index (χ0v) is 14.4. The second-order valence-corrected chi connectivity index (χ2v) is 6.03. The van der Waals surface area contributed by atoms with Gasteiger partial charge in [0, 0.05) is 7.05 Å². The number of nitrogens with one attached hydrogen (secondary N) is 1. The molecule has 0 aliphatic heterocycles. The van der Waals surface area contributed by atoms with Gasteiger partial charge in [-0.05, 0) is 24.4 Å². The maximum Gasteiger partial charge on any atom is 0.341 e. The third-order valence-electron chi connectivity index (χ3n) is 3.34. The summed E-state index contributed by atoms with van der Waals surface area (Å²) in [4.78, 5) is 37.4. The minimum absolute atomic E-state index is 0.114. The number of nitrogens with zero attached hydrogens (tertiary/aromatic N) is 1. The summed E-state index contributed by atoms with van der Waals surface area (Å²) in [6.07, 6.45) is 0. The predicted molar refractivity (Wildman–Crippen MR) is 87.9 cm³/mol. The van der Waals surface area contributed by atoms with Crippen molar-refractivity contribution in [2.24, 2.45) is 0 Å². The van der Waals surface area contributed by atoms with E-state index in [1.165, 1.54) is 23.3 Å². The standard InChI is InChI=1S/C16H18N2O5S/c1-10-12(16(21)22-3)7-11(23-10)9-18(2)14(19)8-17-15(20)13-5-4-6-24-13/h4-7H,8-9H2,1-3H3,(H,17,20). The van der Waals surface area contributed by atoms with Gasteiger partial charge in [-0.15, -0.1) is 11.3 Å². The van der Waals surface area contributed by atoms with Crippen molar-refractivity contribution in [3.05, 3.63) is 45.5 Å².